The predicted molar refractivity (Wildman–Crippen MR) is 92.9 cm³/mol. The topological polar surface area (TPSA) is 81.2 Å². The maximum atomic E-state index is 12.9. The summed E-state index contributed by atoms with van der Waals surface area (Å²) in [5.41, 5.74) is 0.275. The maximum absolute atomic E-state index is 12.9. The summed E-state index contributed by atoms with van der Waals surface area (Å²) in [6, 6.07) is 0.678. The van der Waals surface area contributed by atoms with Crippen LogP contribution in [0, 0.1) is 0 Å². The Morgan fingerprint density at radius 3 is 2.88 bits per heavy atom. The molecule has 1 atom stereocenters. The molecular formula is C17H29N7O. The van der Waals surface area contributed by atoms with Gasteiger partial charge in [0.1, 0.15) is 0 Å². The number of piperazine rings is 1. The lowest BCUT2D eigenvalue weighted by atomic mass is 9.68. The zero-order valence-electron chi connectivity index (χ0n) is 15.2. The summed E-state index contributed by atoms with van der Waals surface area (Å²) in [4.78, 5) is 20.1. The van der Waals surface area contributed by atoms with Gasteiger partial charge in [0.05, 0.1) is 6.54 Å². The summed E-state index contributed by atoms with van der Waals surface area (Å²) in [6.07, 6.45) is 7.11. The van der Waals surface area contributed by atoms with Gasteiger partial charge >= 0.3 is 0 Å². The highest BCUT2D eigenvalue weighted by Gasteiger charge is 2.54. The van der Waals surface area contributed by atoms with Gasteiger partial charge in [-0.3, -0.25) is 14.6 Å². The van der Waals surface area contributed by atoms with Crippen molar-refractivity contribution in [2.24, 2.45) is 0 Å². The van der Waals surface area contributed by atoms with E-state index >= 15 is 0 Å². The van der Waals surface area contributed by atoms with Crippen molar-refractivity contribution < 1.29 is 4.79 Å². The number of H-pyrrole nitrogens is 1. The van der Waals surface area contributed by atoms with E-state index < -0.39 is 0 Å². The van der Waals surface area contributed by atoms with E-state index in [-0.39, 0.29) is 11.4 Å². The van der Waals surface area contributed by atoms with Crippen LogP contribution in [-0.4, -0.2) is 92.1 Å². The molecule has 0 aromatic carbocycles. The van der Waals surface area contributed by atoms with Crippen molar-refractivity contribution in [3.05, 3.63) is 5.82 Å². The number of fused-ring (bicyclic) bond motifs is 2. The Hall–Kier alpha value is -1.54. The molecule has 8 nitrogen and oxygen atoms in total. The molecule has 0 radical (unpaired) electrons. The summed E-state index contributed by atoms with van der Waals surface area (Å²) in [5.74, 6) is 0.907. The molecule has 4 rings (SSSR count). The summed E-state index contributed by atoms with van der Waals surface area (Å²) in [5, 5.41) is 14.0. The standard InChI is InChI=1S/C17H29N7O/c1-2-22(10-6-15-18-20-21-19-15)16(25)13-24-12-11-23-9-3-5-14(23)17(24)7-4-8-17/h14H,2-13H2,1H3,(H,18,19,20,21). The number of rotatable bonds is 6. The van der Waals surface area contributed by atoms with Crippen molar-refractivity contribution in [3.63, 3.8) is 0 Å². The van der Waals surface area contributed by atoms with Gasteiger partial charge in [-0.05, 0) is 45.6 Å². The molecule has 1 aliphatic carbocycles. The highest BCUT2D eigenvalue weighted by atomic mass is 16.2. The van der Waals surface area contributed by atoms with E-state index in [1.54, 1.807) is 0 Å². The zero-order valence-corrected chi connectivity index (χ0v) is 15.2. The van der Waals surface area contributed by atoms with Gasteiger partial charge in [0.25, 0.3) is 0 Å². The first-order chi connectivity index (χ1) is 12.2. The molecular weight excluding hydrogens is 318 g/mol. The number of likely N-dealkylation sites (N-methyl/N-ethyl adjacent to an activating group) is 1. The Balaban J connectivity index is 1.38. The predicted octanol–water partition coefficient (Wildman–Crippen LogP) is 0.293. The van der Waals surface area contributed by atoms with E-state index in [4.69, 9.17) is 0 Å². The Kier molecular flexibility index (Phi) is 4.73. The molecule has 1 aromatic rings. The van der Waals surface area contributed by atoms with Crippen LogP contribution >= 0.6 is 0 Å². The molecule has 2 aliphatic heterocycles. The first kappa shape index (κ1) is 16.9. The van der Waals surface area contributed by atoms with E-state index in [0.29, 0.717) is 31.4 Å². The van der Waals surface area contributed by atoms with Crippen LogP contribution in [0.2, 0.25) is 0 Å². The second kappa shape index (κ2) is 6.99. The number of nitrogens with one attached hydrogen (secondary N) is 1. The number of tetrazole rings is 1. The molecule has 3 heterocycles. The van der Waals surface area contributed by atoms with Crippen molar-refractivity contribution in [3.8, 4) is 0 Å². The number of carbonyl (C=O) groups is 1. The van der Waals surface area contributed by atoms with Crippen molar-refractivity contribution in [1.82, 2.24) is 35.3 Å². The monoisotopic (exact) mass is 347 g/mol. The molecule has 0 bridgehead atoms. The molecule has 25 heavy (non-hydrogen) atoms. The molecule has 8 heteroatoms. The number of hydrogen-bond acceptors (Lipinski definition) is 6. The molecule has 1 saturated carbocycles. The third kappa shape index (κ3) is 3.06. The summed E-state index contributed by atoms with van der Waals surface area (Å²) in [7, 11) is 0. The van der Waals surface area contributed by atoms with Gasteiger partial charge in [0, 0.05) is 44.2 Å². The zero-order chi connectivity index (χ0) is 17.3. The lowest BCUT2D eigenvalue weighted by Gasteiger charge is -2.59. The number of amides is 1. The normalized spacial score (nSPS) is 25.7. The van der Waals surface area contributed by atoms with E-state index in [0.717, 1.165) is 19.6 Å². The van der Waals surface area contributed by atoms with E-state index in [1.165, 1.54) is 38.6 Å². The van der Waals surface area contributed by atoms with Crippen molar-refractivity contribution in [1.29, 1.82) is 0 Å². The van der Waals surface area contributed by atoms with Crippen LogP contribution in [0.3, 0.4) is 0 Å². The highest BCUT2D eigenvalue weighted by Crippen LogP contribution is 2.47. The van der Waals surface area contributed by atoms with E-state index in [9.17, 15) is 4.79 Å². The van der Waals surface area contributed by atoms with E-state index in [2.05, 4.69) is 30.4 Å². The second-order valence-electron chi connectivity index (χ2n) is 7.62. The fourth-order valence-electron chi connectivity index (χ4n) is 5.06. The van der Waals surface area contributed by atoms with Gasteiger partial charge in [-0.25, -0.2) is 0 Å². The van der Waals surface area contributed by atoms with Gasteiger partial charge in [-0.2, -0.15) is 5.21 Å². The molecule has 3 fully saturated rings. The van der Waals surface area contributed by atoms with Crippen LogP contribution < -0.4 is 0 Å². The summed E-state index contributed by atoms with van der Waals surface area (Å²) >= 11 is 0. The van der Waals surface area contributed by atoms with Gasteiger partial charge in [0.15, 0.2) is 5.82 Å². The summed E-state index contributed by atoms with van der Waals surface area (Å²) in [6.45, 7) is 7.39. The minimum atomic E-state index is 0.240. The average Bonchev–Trinajstić information content (AvgIpc) is 3.25. The van der Waals surface area contributed by atoms with Crippen molar-refractivity contribution >= 4 is 5.91 Å². The number of hydrogen-bond donors (Lipinski definition) is 1. The SMILES string of the molecule is CCN(CCc1nn[nH]n1)C(=O)CN1CCN2CCCC2C12CCC2. The second-order valence-corrected chi connectivity index (χ2v) is 7.62. The van der Waals surface area contributed by atoms with Crippen LogP contribution in [0.15, 0.2) is 0 Å². The molecule has 1 spiro atoms. The van der Waals surface area contributed by atoms with Gasteiger partial charge in [-0.15, -0.1) is 10.2 Å². The van der Waals surface area contributed by atoms with Gasteiger partial charge in [0.2, 0.25) is 5.91 Å². The van der Waals surface area contributed by atoms with Crippen LogP contribution in [-0.2, 0) is 11.2 Å². The number of carbonyl (C=O) groups excluding carboxylic acids is 1. The smallest absolute Gasteiger partial charge is 0.236 e. The molecule has 2 saturated heterocycles. The van der Waals surface area contributed by atoms with Crippen LogP contribution in [0.5, 0.6) is 0 Å². The maximum Gasteiger partial charge on any atom is 0.236 e. The number of aromatic amines is 1. The Morgan fingerprint density at radius 1 is 1.32 bits per heavy atom. The van der Waals surface area contributed by atoms with Crippen LogP contribution in [0.1, 0.15) is 44.9 Å². The van der Waals surface area contributed by atoms with Gasteiger partial charge in [-0.1, -0.05) is 5.21 Å². The lowest BCUT2D eigenvalue weighted by molar-refractivity contribution is -0.141. The molecule has 1 N–H and O–H groups in total. The Labute approximate surface area is 148 Å². The van der Waals surface area contributed by atoms with E-state index in [1.807, 2.05) is 11.8 Å². The van der Waals surface area contributed by atoms with Crippen LogP contribution in [0.25, 0.3) is 0 Å². The Morgan fingerprint density at radius 2 is 2.20 bits per heavy atom. The minimum absolute atomic E-state index is 0.240. The third-order valence-electron chi connectivity index (χ3n) is 6.55. The number of nitrogens with zero attached hydrogens (tertiary/aromatic N) is 6. The van der Waals surface area contributed by atoms with Crippen LogP contribution in [0.4, 0.5) is 0 Å². The van der Waals surface area contributed by atoms with Crippen molar-refractivity contribution in [2.45, 2.75) is 57.0 Å². The van der Waals surface area contributed by atoms with Crippen molar-refractivity contribution in [2.75, 3.05) is 39.3 Å². The molecule has 1 amide bonds. The Bertz CT molecular complexity index is 586. The molecule has 1 aromatic heterocycles. The first-order valence-electron chi connectivity index (χ1n) is 9.72. The average molecular weight is 347 g/mol. The molecule has 1 unspecified atom stereocenters. The highest BCUT2D eigenvalue weighted by molar-refractivity contribution is 5.78. The fraction of sp³-hybridized carbons (Fsp3) is 0.882. The number of aromatic nitrogens is 4. The quantitative estimate of drug-likeness (QED) is 0.797. The fourth-order valence-corrected chi connectivity index (χ4v) is 5.06. The minimum Gasteiger partial charge on any atom is -0.341 e. The summed E-state index contributed by atoms with van der Waals surface area (Å²) < 4.78 is 0. The largest absolute Gasteiger partial charge is 0.341 e. The lowest BCUT2D eigenvalue weighted by Crippen LogP contribution is -2.70. The molecule has 3 aliphatic rings. The van der Waals surface area contributed by atoms with Gasteiger partial charge < -0.3 is 4.90 Å². The first-order valence-corrected chi connectivity index (χ1v) is 9.72. The third-order valence-corrected chi connectivity index (χ3v) is 6.55. The molecule has 138 valence electrons.